The van der Waals surface area contributed by atoms with Gasteiger partial charge in [-0.1, -0.05) is 23.6 Å². The molecule has 0 spiro atoms. The first-order valence-corrected chi connectivity index (χ1v) is 16.1. The van der Waals surface area contributed by atoms with Gasteiger partial charge in [-0.15, -0.1) is 0 Å². The predicted octanol–water partition coefficient (Wildman–Crippen LogP) is 6.45. The van der Waals surface area contributed by atoms with E-state index in [1.165, 1.54) is 11.1 Å². The third-order valence-corrected chi connectivity index (χ3v) is 9.98. The molecule has 25 heavy (non-hydrogen) atoms. The third-order valence-electron chi connectivity index (χ3n) is 3.76. The van der Waals surface area contributed by atoms with Crippen LogP contribution in [0.3, 0.4) is 0 Å². The van der Waals surface area contributed by atoms with E-state index in [4.69, 9.17) is 8.85 Å². The minimum atomic E-state index is -1.58. The first kappa shape index (κ1) is 24.3. The maximum atomic E-state index is 11.8. The lowest BCUT2D eigenvalue weighted by atomic mass is 10.1. The van der Waals surface area contributed by atoms with E-state index in [0.29, 0.717) is 13.0 Å². The summed E-state index contributed by atoms with van der Waals surface area (Å²) in [4.78, 5) is 11.8. The van der Waals surface area contributed by atoms with Crippen LogP contribution >= 0.6 is 0 Å². The predicted molar refractivity (Wildman–Crippen MR) is 114 cm³/mol. The van der Waals surface area contributed by atoms with Crippen molar-refractivity contribution < 1.29 is 13.6 Å². The Morgan fingerprint density at radius 3 is 2.12 bits per heavy atom. The van der Waals surface area contributed by atoms with E-state index in [9.17, 15) is 4.79 Å². The highest BCUT2D eigenvalue weighted by molar-refractivity contribution is 6.84. The molecule has 0 aliphatic heterocycles. The Hall–Kier alpha value is -0.656. The molecule has 0 heterocycles. The van der Waals surface area contributed by atoms with Gasteiger partial charge in [0.2, 0.25) is 0 Å². The van der Waals surface area contributed by atoms with Gasteiger partial charge in [0.15, 0.2) is 16.6 Å². The number of unbranched alkanes of at least 4 members (excludes halogenated alkanes) is 1. The van der Waals surface area contributed by atoms with Crippen molar-refractivity contribution in [1.29, 1.82) is 0 Å². The Balaban J connectivity index is 3.89. The number of ether oxygens (including phenoxy) is 1. The molecule has 0 aromatic carbocycles. The lowest BCUT2D eigenvalue weighted by molar-refractivity contribution is -0.142. The van der Waals surface area contributed by atoms with E-state index >= 15 is 0 Å². The Morgan fingerprint density at radius 2 is 1.56 bits per heavy atom. The molecule has 0 N–H and O–H groups in total. The molecule has 0 unspecified atom stereocenters. The van der Waals surface area contributed by atoms with Gasteiger partial charge in [-0.05, 0) is 84.9 Å². The molecule has 5 heteroatoms. The number of carbonyl (C=O) groups is 1. The van der Waals surface area contributed by atoms with Crippen LogP contribution in [0.2, 0.25) is 38.8 Å². The SMILES string of the molecule is CC(C)=CCC/C(C)=C/COC(=O)CCCC[Si](C)(C)O[Si](C)(C)C. The number of hydrogen-bond donors (Lipinski definition) is 0. The Morgan fingerprint density at radius 1 is 0.920 bits per heavy atom. The molecule has 0 saturated carbocycles. The van der Waals surface area contributed by atoms with Crippen molar-refractivity contribution in [2.45, 2.75) is 91.7 Å². The monoisotopic (exact) mass is 384 g/mol. The highest BCUT2D eigenvalue weighted by Crippen LogP contribution is 2.21. The molecule has 0 bridgehead atoms. The van der Waals surface area contributed by atoms with Crippen LogP contribution in [0.5, 0.6) is 0 Å². The van der Waals surface area contributed by atoms with Gasteiger partial charge in [-0.3, -0.25) is 4.79 Å². The Labute approximate surface area is 158 Å². The highest BCUT2D eigenvalue weighted by atomic mass is 28.4. The normalized spacial score (nSPS) is 12.9. The number of rotatable bonds is 12. The minimum absolute atomic E-state index is 0.0843. The van der Waals surface area contributed by atoms with Gasteiger partial charge in [0, 0.05) is 6.42 Å². The van der Waals surface area contributed by atoms with Crippen LogP contribution in [-0.2, 0) is 13.6 Å². The van der Waals surface area contributed by atoms with Gasteiger partial charge in [0.1, 0.15) is 6.61 Å². The molecule has 0 rings (SSSR count). The molecule has 0 aliphatic carbocycles. The zero-order valence-electron chi connectivity index (χ0n) is 17.8. The lowest BCUT2D eigenvalue weighted by Crippen LogP contribution is -2.42. The lowest BCUT2D eigenvalue weighted by Gasteiger charge is -2.31. The number of esters is 1. The van der Waals surface area contributed by atoms with Crippen LogP contribution in [0.1, 0.15) is 52.9 Å². The summed E-state index contributed by atoms with van der Waals surface area (Å²) < 4.78 is 11.6. The van der Waals surface area contributed by atoms with Gasteiger partial charge in [-0.2, -0.15) is 0 Å². The fourth-order valence-electron chi connectivity index (χ4n) is 2.74. The van der Waals surface area contributed by atoms with Crippen molar-refractivity contribution in [2.24, 2.45) is 0 Å². The molecule has 0 aromatic heterocycles. The van der Waals surface area contributed by atoms with E-state index in [2.05, 4.69) is 59.6 Å². The maximum absolute atomic E-state index is 11.8. The summed E-state index contributed by atoms with van der Waals surface area (Å²) >= 11 is 0. The van der Waals surface area contributed by atoms with Crippen molar-refractivity contribution >= 4 is 22.6 Å². The summed E-state index contributed by atoms with van der Waals surface area (Å²) in [5.74, 6) is -0.0843. The maximum Gasteiger partial charge on any atom is 0.306 e. The van der Waals surface area contributed by atoms with E-state index < -0.39 is 16.6 Å². The molecule has 0 aliphatic rings. The number of allylic oxidation sites excluding steroid dienone is 3. The molecule has 3 nitrogen and oxygen atoms in total. The average Bonchev–Trinajstić information content (AvgIpc) is 2.40. The van der Waals surface area contributed by atoms with Gasteiger partial charge in [0.25, 0.3) is 0 Å². The minimum Gasteiger partial charge on any atom is -0.461 e. The summed E-state index contributed by atoms with van der Waals surface area (Å²) in [7, 11) is -3.04. The Kier molecular flexibility index (Phi) is 11.6. The van der Waals surface area contributed by atoms with Gasteiger partial charge in [-0.25, -0.2) is 0 Å². The Bertz CT molecular complexity index is 456. The zero-order chi connectivity index (χ0) is 19.5. The summed E-state index contributed by atoms with van der Waals surface area (Å²) in [6.07, 6.45) is 8.80. The van der Waals surface area contributed by atoms with E-state index in [1.54, 1.807) is 0 Å². The molecule has 0 fully saturated rings. The summed E-state index contributed by atoms with van der Waals surface area (Å²) in [6, 6.07) is 1.12. The average molecular weight is 385 g/mol. The molecule has 0 aromatic rings. The number of hydrogen-bond acceptors (Lipinski definition) is 3. The van der Waals surface area contributed by atoms with Crippen molar-refractivity contribution in [3.05, 3.63) is 23.3 Å². The largest absolute Gasteiger partial charge is 0.461 e. The molecule has 146 valence electrons. The van der Waals surface area contributed by atoms with Crippen molar-refractivity contribution in [1.82, 2.24) is 0 Å². The van der Waals surface area contributed by atoms with Gasteiger partial charge < -0.3 is 8.85 Å². The van der Waals surface area contributed by atoms with E-state index in [0.717, 1.165) is 31.7 Å². The topological polar surface area (TPSA) is 35.5 Å². The van der Waals surface area contributed by atoms with Crippen molar-refractivity contribution in [2.75, 3.05) is 6.61 Å². The summed E-state index contributed by atoms with van der Waals surface area (Å²) in [5.41, 5.74) is 2.63. The van der Waals surface area contributed by atoms with Crippen LogP contribution in [0.4, 0.5) is 0 Å². The molecule has 0 atom stereocenters. The van der Waals surface area contributed by atoms with E-state index in [1.807, 2.05) is 6.08 Å². The molecule has 0 radical (unpaired) electrons. The fraction of sp³-hybridized carbons (Fsp3) is 0.750. The standard InChI is InChI=1S/C20H40O3Si2/c1-18(2)12-11-13-19(3)15-16-22-20(21)14-9-10-17-25(7,8)23-24(4,5)6/h12,15H,9-11,13-14,16-17H2,1-8H3/b19-15+. The molecular weight excluding hydrogens is 344 g/mol. The van der Waals surface area contributed by atoms with Crippen LogP contribution in [-0.4, -0.2) is 29.2 Å². The third kappa shape index (κ3) is 16.6. The molecule has 0 saturated heterocycles. The summed E-state index contributed by atoms with van der Waals surface area (Å²) in [5, 5.41) is 0. The first-order chi connectivity index (χ1) is 11.4. The van der Waals surface area contributed by atoms with Crippen LogP contribution in [0.15, 0.2) is 23.3 Å². The zero-order valence-corrected chi connectivity index (χ0v) is 19.8. The number of carbonyl (C=O) groups excluding carboxylic acids is 1. The van der Waals surface area contributed by atoms with Crippen LogP contribution in [0, 0.1) is 0 Å². The summed E-state index contributed by atoms with van der Waals surface area (Å²) in [6.45, 7) is 18.0. The van der Waals surface area contributed by atoms with Crippen LogP contribution < -0.4 is 0 Å². The second-order valence-corrected chi connectivity index (χ2v) is 17.8. The van der Waals surface area contributed by atoms with E-state index in [-0.39, 0.29) is 5.97 Å². The fourth-order valence-corrected chi connectivity index (χ4v) is 10.9. The second kappa shape index (κ2) is 11.9. The van der Waals surface area contributed by atoms with Crippen molar-refractivity contribution in [3.8, 4) is 0 Å². The first-order valence-electron chi connectivity index (χ1n) is 9.56. The highest BCUT2D eigenvalue weighted by Gasteiger charge is 2.28. The molecular formula is C20H40O3Si2. The van der Waals surface area contributed by atoms with Gasteiger partial charge in [0.05, 0.1) is 0 Å². The second-order valence-electron chi connectivity index (χ2n) is 8.73. The smallest absolute Gasteiger partial charge is 0.306 e. The van der Waals surface area contributed by atoms with Gasteiger partial charge >= 0.3 is 5.97 Å². The van der Waals surface area contributed by atoms with Crippen LogP contribution in [0.25, 0.3) is 0 Å². The molecule has 0 amide bonds. The van der Waals surface area contributed by atoms with Crippen molar-refractivity contribution in [3.63, 3.8) is 0 Å². The quantitative estimate of drug-likeness (QED) is 0.168.